The Morgan fingerprint density at radius 1 is 1.00 bits per heavy atom. The standard InChI is InChI=1S/C16H28N2OS2/c1-7-17(5)8-10-19-11-9-18(6)13-12(16(2,3)4)14(20)15(13)21/h7-11H2,1-6H3. The maximum atomic E-state index is 5.70. The summed E-state index contributed by atoms with van der Waals surface area (Å²) in [6.45, 7) is 13.0. The highest BCUT2D eigenvalue weighted by atomic mass is 32.1. The van der Waals surface area contributed by atoms with Crippen molar-refractivity contribution in [3.05, 3.63) is 14.6 Å². The zero-order chi connectivity index (χ0) is 16.2. The van der Waals surface area contributed by atoms with Crippen LogP contribution in [0.4, 0.5) is 5.69 Å². The van der Waals surface area contributed by atoms with Gasteiger partial charge in [-0.05, 0) is 19.0 Å². The Bertz CT molecular complexity index is 527. The van der Waals surface area contributed by atoms with Gasteiger partial charge in [-0.25, -0.2) is 0 Å². The largest absolute Gasteiger partial charge is 0.378 e. The molecule has 0 fully saturated rings. The van der Waals surface area contributed by atoms with Gasteiger partial charge in [0.05, 0.1) is 27.9 Å². The molecule has 0 aromatic heterocycles. The van der Waals surface area contributed by atoms with E-state index in [1.165, 1.54) is 5.56 Å². The molecule has 0 aliphatic rings. The topological polar surface area (TPSA) is 15.7 Å². The van der Waals surface area contributed by atoms with Gasteiger partial charge in [-0.15, -0.1) is 0 Å². The van der Waals surface area contributed by atoms with E-state index in [9.17, 15) is 0 Å². The van der Waals surface area contributed by atoms with E-state index in [-0.39, 0.29) is 5.41 Å². The summed E-state index contributed by atoms with van der Waals surface area (Å²) < 4.78 is 7.40. The molecule has 0 bridgehead atoms. The molecular formula is C16H28N2OS2. The molecule has 0 amide bonds. The summed E-state index contributed by atoms with van der Waals surface area (Å²) in [6, 6.07) is 0. The molecule has 0 radical (unpaired) electrons. The summed E-state index contributed by atoms with van der Waals surface area (Å²) in [6.07, 6.45) is 0. The van der Waals surface area contributed by atoms with Crippen LogP contribution >= 0.6 is 24.4 Å². The number of rotatable bonds is 8. The maximum Gasteiger partial charge on any atom is 0.0798 e. The molecule has 0 N–H and O–H groups in total. The third-order valence-corrected chi connectivity index (χ3v) is 4.68. The van der Waals surface area contributed by atoms with Crippen LogP contribution in [-0.2, 0) is 10.2 Å². The lowest BCUT2D eigenvalue weighted by Gasteiger charge is -2.32. The van der Waals surface area contributed by atoms with Crippen LogP contribution in [-0.4, -0.2) is 51.8 Å². The second-order valence-electron chi connectivity index (χ2n) is 6.56. The van der Waals surface area contributed by atoms with E-state index in [1.54, 1.807) is 0 Å². The van der Waals surface area contributed by atoms with Gasteiger partial charge in [0.15, 0.2) is 0 Å². The number of anilines is 1. The zero-order valence-corrected chi connectivity index (χ0v) is 15.8. The van der Waals surface area contributed by atoms with Crippen molar-refractivity contribution < 1.29 is 4.74 Å². The molecular weight excluding hydrogens is 300 g/mol. The highest BCUT2D eigenvalue weighted by molar-refractivity contribution is 7.74. The molecule has 21 heavy (non-hydrogen) atoms. The van der Waals surface area contributed by atoms with Crippen molar-refractivity contribution in [2.45, 2.75) is 33.1 Å². The van der Waals surface area contributed by atoms with Crippen LogP contribution in [0, 0.1) is 9.02 Å². The summed E-state index contributed by atoms with van der Waals surface area (Å²) in [5, 5.41) is 0. The van der Waals surface area contributed by atoms with E-state index in [0.717, 1.165) is 40.9 Å². The minimum Gasteiger partial charge on any atom is -0.378 e. The van der Waals surface area contributed by atoms with Gasteiger partial charge < -0.3 is 14.5 Å². The van der Waals surface area contributed by atoms with Crippen molar-refractivity contribution in [3.8, 4) is 0 Å². The normalized spacial score (nSPS) is 12.3. The monoisotopic (exact) mass is 328 g/mol. The molecule has 0 heterocycles. The Labute approximate surface area is 139 Å². The summed E-state index contributed by atoms with van der Waals surface area (Å²) in [5.74, 6) is 0. The molecule has 0 unspecified atom stereocenters. The number of hydrogen-bond donors (Lipinski definition) is 0. The van der Waals surface area contributed by atoms with Gasteiger partial charge in [-0.2, -0.15) is 0 Å². The van der Waals surface area contributed by atoms with E-state index in [2.05, 4.69) is 51.6 Å². The van der Waals surface area contributed by atoms with Crippen molar-refractivity contribution >= 4 is 30.1 Å². The Kier molecular flexibility index (Phi) is 6.91. The minimum absolute atomic E-state index is 0.0493. The number of ether oxygens (including phenoxy) is 1. The fraction of sp³-hybridized carbons (Fsp3) is 0.750. The molecule has 5 heteroatoms. The van der Waals surface area contributed by atoms with Crippen molar-refractivity contribution in [3.63, 3.8) is 0 Å². The van der Waals surface area contributed by atoms with Crippen LogP contribution in [0.2, 0.25) is 0 Å². The van der Waals surface area contributed by atoms with E-state index in [0.29, 0.717) is 6.61 Å². The van der Waals surface area contributed by atoms with Gasteiger partial charge in [0.2, 0.25) is 0 Å². The first-order valence-electron chi connectivity index (χ1n) is 7.51. The van der Waals surface area contributed by atoms with E-state index in [4.69, 9.17) is 29.2 Å². The van der Waals surface area contributed by atoms with Gasteiger partial charge in [-0.1, -0.05) is 52.1 Å². The molecule has 1 aromatic carbocycles. The van der Waals surface area contributed by atoms with E-state index >= 15 is 0 Å². The van der Waals surface area contributed by atoms with Crippen LogP contribution in [0.15, 0.2) is 0 Å². The lowest BCUT2D eigenvalue weighted by molar-refractivity contribution is 0.118. The molecule has 1 rings (SSSR count). The first-order chi connectivity index (χ1) is 9.70. The molecule has 0 spiro atoms. The average Bonchev–Trinajstić information content (AvgIpc) is 2.40. The highest BCUT2D eigenvalue weighted by Crippen LogP contribution is 2.38. The lowest BCUT2D eigenvalue weighted by Crippen LogP contribution is -2.30. The number of nitrogens with zero attached hydrogens (tertiary/aromatic N) is 2. The molecule has 0 aliphatic carbocycles. The van der Waals surface area contributed by atoms with Gasteiger partial charge in [0.25, 0.3) is 0 Å². The number of hydrogen-bond acceptors (Lipinski definition) is 5. The van der Waals surface area contributed by atoms with Gasteiger partial charge in [0.1, 0.15) is 0 Å². The second kappa shape index (κ2) is 7.77. The molecule has 3 nitrogen and oxygen atoms in total. The molecule has 120 valence electrons. The Hall–Kier alpha value is -0.360. The third kappa shape index (κ3) is 4.81. The fourth-order valence-electron chi connectivity index (χ4n) is 2.23. The first kappa shape index (κ1) is 18.7. The summed E-state index contributed by atoms with van der Waals surface area (Å²) in [7, 11) is 4.17. The van der Waals surface area contributed by atoms with Crippen LogP contribution < -0.4 is 4.90 Å². The average molecular weight is 329 g/mol. The third-order valence-electron chi connectivity index (χ3n) is 3.75. The Morgan fingerprint density at radius 3 is 2.10 bits per heavy atom. The van der Waals surface area contributed by atoms with E-state index in [1.807, 2.05) is 0 Å². The zero-order valence-electron chi connectivity index (χ0n) is 14.2. The fourth-order valence-corrected chi connectivity index (χ4v) is 3.09. The summed E-state index contributed by atoms with van der Waals surface area (Å²) in [4.78, 5) is 4.42. The van der Waals surface area contributed by atoms with Crippen LogP contribution in [0.5, 0.6) is 0 Å². The predicted molar refractivity (Wildman–Crippen MR) is 96.4 cm³/mol. The van der Waals surface area contributed by atoms with Crippen LogP contribution in [0.3, 0.4) is 0 Å². The lowest BCUT2D eigenvalue weighted by atomic mass is 9.83. The van der Waals surface area contributed by atoms with Crippen molar-refractivity contribution in [2.24, 2.45) is 0 Å². The first-order valence-corrected chi connectivity index (χ1v) is 8.33. The van der Waals surface area contributed by atoms with Crippen molar-refractivity contribution in [1.82, 2.24) is 4.90 Å². The van der Waals surface area contributed by atoms with Gasteiger partial charge in [-0.3, -0.25) is 0 Å². The molecule has 1 aromatic rings. The minimum atomic E-state index is 0.0493. The van der Waals surface area contributed by atoms with Crippen molar-refractivity contribution in [1.29, 1.82) is 0 Å². The van der Waals surface area contributed by atoms with Crippen LogP contribution in [0.1, 0.15) is 33.3 Å². The summed E-state index contributed by atoms with van der Waals surface area (Å²) >= 11 is 10.8. The van der Waals surface area contributed by atoms with Crippen LogP contribution in [0.25, 0.3) is 0 Å². The number of likely N-dealkylation sites (N-methyl/N-ethyl adjacent to an activating group) is 2. The smallest absolute Gasteiger partial charge is 0.0798 e. The van der Waals surface area contributed by atoms with E-state index < -0.39 is 0 Å². The Morgan fingerprint density at radius 2 is 1.57 bits per heavy atom. The highest BCUT2D eigenvalue weighted by Gasteiger charge is 2.27. The maximum absolute atomic E-state index is 5.70. The second-order valence-corrected chi connectivity index (χ2v) is 7.38. The van der Waals surface area contributed by atoms with Crippen molar-refractivity contribution in [2.75, 3.05) is 51.8 Å². The molecule has 0 atom stereocenters. The summed E-state index contributed by atoms with van der Waals surface area (Å²) in [5.41, 5.74) is 2.40. The molecule has 0 aliphatic heterocycles. The van der Waals surface area contributed by atoms with Gasteiger partial charge >= 0.3 is 0 Å². The predicted octanol–water partition coefficient (Wildman–Crippen LogP) is 3.72. The molecule has 0 saturated heterocycles. The quantitative estimate of drug-likeness (QED) is 0.532. The van der Waals surface area contributed by atoms with Gasteiger partial charge in [0, 0.05) is 25.7 Å². The molecule has 0 saturated carbocycles. The SMILES string of the molecule is CCN(C)CCOCCN(C)c1c(C(C)(C)C)c(=S)c1=S. The Balaban J connectivity index is 2.51.